The smallest absolute Gasteiger partial charge is 0.126 e. The molecule has 1 heterocycles. The molecule has 1 aromatic heterocycles. The van der Waals surface area contributed by atoms with E-state index < -0.39 is 5.83 Å². The molecule has 26 heavy (non-hydrogen) atoms. The number of allylic oxidation sites excluding steroid dienone is 3. The van der Waals surface area contributed by atoms with Gasteiger partial charge in [0.1, 0.15) is 24.0 Å². The molecule has 0 bridgehead atoms. The number of hydrogen-bond acceptors (Lipinski definition) is 4. The van der Waals surface area contributed by atoms with E-state index in [-0.39, 0.29) is 0 Å². The third-order valence-electron chi connectivity index (χ3n) is 3.67. The second-order valence-corrected chi connectivity index (χ2v) is 5.78. The Morgan fingerprint density at radius 3 is 2.69 bits per heavy atom. The zero-order valence-corrected chi connectivity index (χ0v) is 16.2. The van der Waals surface area contributed by atoms with Gasteiger partial charge in [0.2, 0.25) is 0 Å². The minimum Gasteiger partial charge on any atom is -0.491 e. The predicted octanol–water partition coefficient (Wildman–Crippen LogP) is 4.98. The Hall–Kier alpha value is -2.14. The first kappa shape index (κ1) is 21.9. The SMILES string of the molecule is C=C(F)/C=C(/OCCOCCNc1ccc2c(n1)CCC2)C(=C)C.CC. The molecule has 0 aromatic carbocycles. The molecule has 1 N–H and O–H groups in total. The van der Waals surface area contributed by atoms with Crippen molar-refractivity contribution in [3.63, 3.8) is 0 Å². The van der Waals surface area contributed by atoms with Gasteiger partial charge in [-0.25, -0.2) is 9.37 Å². The van der Waals surface area contributed by atoms with Gasteiger partial charge in [-0.15, -0.1) is 0 Å². The monoisotopic (exact) mass is 362 g/mol. The molecule has 0 atom stereocenters. The maximum Gasteiger partial charge on any atom is 0.126 e. The molecule has 0 spiro atoms. The number of aryl methyl sites for hydroxylation is 2. The van der Waals surface area contributed by atoms with Crippen molar-refractivity contribution in [1.82, 2.24) is 4.98 Å². The Kier molecular flexibility index (Phi) is 10.3. The van der Waals surface area contributed by atoms with Crippen LogP contribution in [0.1, 0.15) is 38.4 Å². The van der Waals surface area contributed by atoms with Crippen LogP contribution in [-0.4, -0.2) is 31.3 Å². The van der Waals surface area contributed by atoms with Gasteiger partial charge in [0.25, 0.3) is 0 Å². The zero-order chi connectivity index (χ0) is 19.4. The van der Waals surface area contributed by atoms with Crippen LogP contribution >= 0.6 is 0 Å². The first-order valence-electron chi connectivity index (χ1n) is 9.21. The van der Waals surface area contributed by atoms with E-state index in [0.717, 1.165) is 18.7 Å². The molecule has 0 saturated carbocycles. The summed E-state index contributed by atoms with van der Waals surface area (Å²) in [6.07, 6.45) is 4.64. The van der Waals surface area contributed by atoms with E-state index >= 15 is 0 Å². The Balaban J connectivity index is 0.00000163. The molecule has 4 nitrogen and oxygen atoms in total. The molecule has 2 rings (SSSR count). The van der Waals surface area contributed by atoms with Crippen molar-refractivity contribution in [3.8, 4) is 0 Å². The van der Waals surface area contributed by atoms with Gasteiger partial charge in [-0.1, -0.05) is 33.1 Å². The molecule has 144 valence electrons. The Bertz CT molecular complexity index is 626. The van der Waals surface area contributed by atoms with Gasteiger partial charge in [-0.2, -0.15) is 0 Å². The summed E-state index contributed by atoms with van der Waals surface area (Å²) < 4.78 is 23.7. The highest BCUT2D eigenvalue weighted by Crippen LogP contribution is 2.21. The van der Waals surface area contributed by atoms with E-state index in [1.165, 1.54) is 23.8 Å². The van der Waals surface area contributed by atoms with E-state index in [1.807, 2.05) is 19.9 Å². The third kappa shape index (κ3) is 7.83. The van der Waals surface area contributed by atoms with E-state index in [1.54, 1.807) is 6.92 Å². The van der Waals surface area contributed by atoms with Gasteiger partial charge in [0.15, 0.2) is 0 Å². The quantitative estimate of drug-likeness (QED) is 0.362. The molecule has 0 radical (unpaired) electrons. The van der Waals surface area contributed by atoms with Gasteiger partial charge in [-0.05, 0) is 43.4 Å². The molecule has 0 saturated heterocycles. The highest BCUT2D eigenvalue weighted by atomic mass is 19.1. The van der Waals surface area contributed by atoms with Gasteiger partial charge < -0.3 is 14.8 Å². The highest BCUT2D eigenvalue weighted by Gasteiger charge is 2.11. The minimum atomic E-state index is -0.556. The molecule has 1 aliphatic carbocycles. The first-order valence-corrected chi connectivity index (χ1v) is 9.21. The summed E-state index contributed by atoms with van der Waals surface area (Å²) in [7, 11) is 0. The van der Waals surface area contributed by atoms with E-state index in [0.29, 0.717) is 37.7 Å². The van der Waals surface area contributed by atoms with Crippen LogP contribution in [0.4, 0.5) is 10.2 Å². The summed E-state index contributed by atoms with van der Waals surface area (Å²) in [5.74, 6) is 0.732. The van der Waals surface area contributed by atoms with Gasteiger partial charge in [0.05, 0.1) is 13.2 Å². The lowest BCUT2D eigenvalue weighted by Gasteiger charge is -2.11. The Morgan fingerprint density at radius 2 is 2.00 bits per heavy atom. The lowest BCUT2D eigenvalue weighted by molar-refractivity contribution is 0.0833. The fourth-order valence-corrected chi connectivity index (χ4v) is 2.51. The first-order chi connectivity index (χ1) is 12.6. The molecule has 0 amide bonds. The van der Waals surface area contributed by atoms with Crippen molar-refractivity contribution in [3.05, 3.63) is 59.8 Å². The lowest BCUT2D eigenvalue weighted by Crippen LogP contribution is -2.13. The third-order valence-corrected chi connectivity index (χ3v) is 3.67. The second kappa shape index (κ2) is 12.3. The summed E-state index contributed by atoms with van der Waals surface area (Å²) in [5, 5.41) is 3.25. The molecular weight excluding hydrogens is 331 g/mol. The van der Waals surface area contributed by atoms with Crippen molar-refractivity contribution in [2.24, 2.45) is 0 Å². The standard InChI is InChI=1S/C19H25FN2O2.C2H6/c1-14(2)18(13-15(3)20)24-12-11-23-10-9-21-19-8-7-16-5-4-6-17(16)22-19;1-2/h7-8,13H,1,3-6,9-12H2,2H3,(H,21,22);1-2H3/b18-13+;. The molecule has 5 heteroatoms. The lowest BCUT2D eigenvalue weighted by atomic mass is 10.2. The average Bonchev–Trinajstić information content (AvgIpc) is 3.09. The number of fused-ring (bicyclic) bond motifs is 1. The summed E-state index contributed by atoms with van der Waals surface area (Å²) >= 11 is 0. The molecule has 0 aliphatic heterocycles. The van der Waals surface area contributed by atoms with E-state index in [2.05, 4.69) is 29.5 Å². The van der Waals surface area contributed by atoms with Crippen LogP contribution in [0.25, 0.3) is 0 Å². The number of anilines is 1. The molecule has 0 unspecified atom stereocenters. The number of halogens is 1. The van der Waals surface area contributed by atoms with Gasteiger partial charge in [-0.3, -0.25) is 0 Å². The Morgan fingerprint density at radius 1 is 1.23 bits per heavy atom. The van der Waals surface area contributed by atoms with Crippen LogP contribution in [0.3, 0.4) is 0 Å². The van der Waals surface area contributed by atoms with Gasteiger partial charge >= 0.3 is 0 Å². The number of rotatable bonds is 10. The summed E-state index contributed by atoms with van der Waals surface area (Å²) in [6, 6.07) is 4.16. The van der Waals surface area contributed by atoms with Crippen LogP contribution < -0.4 is 5.32 Å². The van der Waals surface area contributed by atoms with Crippen molar-refractivity contribution in [2.45, 2.75) is 40.0 Å². The largest absolute Gasteiger partial charge is 0.491 e. The molecule has 0 fully saturated rings. The van der Waals surface area contributed by atoms with Crippen LogP contribution in [0.5, 0.6) is 0 Å². The van der Waals surface area contributed by atoms with Crippen molar-refractivity contribution < 1.29 is 13.9 Å². The number of ether oxygens (including phenoxy) is 2. The maximum atomic E-state index is 12.8. The van der Waals surface area contributed by atoms with E-state index in [9.17, 15) is 4.39 Å². The average molecular weight is 362 g/mol. The summed E-state index contributed by atoms with van der Waals surface area (Å²) in [6.45, 7) is 14.7. The van der Waals surface area contributed by atoms with Crippen LogP contribution in [-0.2, 0) is 22.3 Å². The Labute approximate surface area is 156 Å². The fourth-order valence-electron chi connectivity index (χ4n) is 2.51. The van der Waals surface area contributed by atoms with Crippen molar-refractivity contribution in [1.29, 1.82) is 0 Å². The summed E-state index contributed by atoms with van der Waals surface area (Å²) in [5.41, 5.74) is 3.23. The normalized spacial score (nSPS) is 12.7. The molecule has 1 aromatic rings. The van der Waals surface area contributed by atoms with Gasteiger partial charge in [0, 0.05) is 18.3 Å². The topological polar surface area (TPSA) is 43.4 Å². The predicted molar refractivity (Wildman–Crippen MR) is 106 cm³/mol. The van der Waals surface area contributed by atoms with E-state index in [4.69, 9.17) is 9.47 Å². The second-order valence-electron chi connectivity index (χ2n) is 5.78. The fraction of sp³-hybridized carbons (Fsp3) is 0.476. The zero-order valence-electron chi connectivity index (χ0n) is 16.2. The van der Waals surface area contributed by atoms with Crippen LogP contribution in [0.15, 0.2) is 48.5 Å². The number of pyridine rings is 1. The molecule has 1 aliphatic rings. The van der Waals surface area contributed by atoms with Crippen molar-refractivity contribution in [2.75, 3.05) is 31.7 Å². The number of nitrogens with one attached hydrogen (secondary N) is 1. The minimum absolute atomic E-state index is 0.336. The van der Waals surface area contributed by atoms with Crippen LogP contribution in [0.2, 0.25) is 0 Å². The van der Waals surface area contributed by atoms with Crippen molar-refractivity contribution >= 4 is 5.82 Å². The summed E-state index contributed by atoms with van der Waals surface area (Å²) in [4.78, 5) is 4.61. The number of nitrogens with zero attached hydrogens (tertiary/aromatic N) is 1. The van der Waals surface area contributed by atoms with Crippen LogP contribution in [0, 0.1) is 0 Å². The molecular formula is C21H31FN2O2. The highest BCUT2D eigenvalue weighted by molar-refractivity contribution is 5.40. The number of aromatic nitrogens is 1. The maximum absolute atomic E-state index is 12.8. The number of hydrogen-bond donors (Lipinski definition) is 1.